The van der Waals surface area contributed by atoms with Crippen LogP contribution in [0.15, 0.2) is 24.3 Å². The average Bonchev–Trinajstić information content (AvgIpc) is 2.71. The summed E-state index contributed by atoms with van der Waals surface area (Å²) in [6.07, 6.45) is -0.124. The van der Waals surface area contributed by atoms with E-state index in [1.165, 1.54) is 0 Å². The van der Waals surface area contributed by atoms with Gasteiger partial charge in [-0.05, 0) is 24.3 Å². The van der Waals surface area contributed by atoms with Crippen molar-refractivity contribution in [3.05, 3.63) is 24.3 Å². The molecule has 0 aliphatic carbocycles. The molecule has 5 heteroatoms. The number of amides is 1. The van der Waals surface area contributed by atoms with Gasteiger partial charge in [-0.25, -0.2) is 4.79 Å². The van der Waals surface area contributed by atoms with Crippen molar-refractivity contribution in [1.82, 2.24) is 0 Å². The van der Waals surface area contributed by atoms with Crippen LogP contribution >= 0.6 is 0 Å². The molecule has 1 heterocycles. The molecule has 0 bridgehead atoms. The number of ether oxygens (including phenoxy) is 2. The topological polar surface area (TPSA) is 59.0 Å². The molecule has 1 aliphatic rings. The van der Waals surface area contributed by atoms with E-state index in [4.69, 9.17) is 14.6 Å². The van der Waals surface area contributed by atoms with Crippen molar-refractivity contribution >= 4 is 11.8 Å². The molecule has 1 saturated heterocycles. The molecule has 0 radical (unpaired) electrons. The Balaban J connectivity index is 2.08. The van der Waals surface area contributed by atoms with Crippen LogP contribution in [0.25, 0.3) is 0 Å². The van der Waals surface area contributed by atoms with Gasteiger partial charge in [-0.1, -0.05) is 0 Å². The predicted octanol–water partition coefficient (Wildman–Crippen LogP) is 1.40. The molecule has 1 aromatic carbocycles. The van der Waals surface area contributed by atoms with Crippen LogP contribution in [0.1, 0.15) is 6.42 Å². The summed E-state index contributed by atoms with van der Waals surface area (Å²) < 4.78 is 10.2. The fraction of sp³-hybridized carbons (Fsp3) is 0.417. The van der Waals surface area contributed by atoms with Crippen LogP contribution in [0.2, 0.25) is 0 Å². The Labute approximate surface area is 99.6 Å². The van der Waals surface area contributed by atoms with E-state index in [1.807, 2.05) is 0 Å². The number of methoxy groups -OCH3 is 1. The van der Waals surface area contributed by atoms with Gasteiger partial charge in [-0.3, -0.25) is 4.90 Å². The maximum absolute atomic E-state index is 11.6. The third-order valence-electron chi connectivity index (χ3n) is 2.71. The Bertz CT molecular complexity index is 390. The summed E-state index contributed by atoms with van der Waals surface area (Å²) in [6.45, 7) is 0.500. The van der Waals surface area contributed by atoms with Gasteiger partial charge in [0.15, 0.2) is 0 Å². The van der Waals surface area contributed by atoms with E-state index in [-0.39, 0.29) is 18.8 Å². The van der Waals surface area contributed by atoms with Crippen LogP contribution in [-0.2, 0) is 4.74 Å². The summed E-state index contributed by atoms with van der Waals surface area (Å²) in [5.41, 5.74) is 0.774. The molecule has 1 N–H and O–H groups in total. The molecular formula is C12H15NO4. The number of hydrogen-bond donors (Lipinski definition) is 1. The van der Waals surface area contributed by atoms with Crippen molar-refractivity contribution in [1.29, 1.82) is 0 Å². The van der Waals surface area contributed by atoms with E-state index in [0.717, 1.165) is 11.4 Å². The number of carbonyl (C=O) groups excluding carboxylic acids is 1. The van der Waals surface area contributed by atoms with E-state index in [1.54, 1.807) is 36.3 Å². The van der Waals surface area contributed by atoms with Crippen molar-refractivity contribution in [2.24, 2.45) is 0 Å². The van der Waals surface area contributed by atoms with Crippen molar-refractivity contribution in [2.45, 2.75) is 12.5 Å². The van der Waals surface area contributed by atoms with Gasteiger partial charge in [0.1, 0.15) is 11.9 Å². The lowest BCUT2D eigenvalue weighted by Crippen LogP contribution is -2.24. The van der Waals surface area contributed by atoms with Crippen molar-refractivity contribution in [3.8, 4) is 5.75 Å². The number of cyclic esters (lactones) is 1. The van der Waals surface area contributed by atoms with Gasteiger partial charge in [0.2, 0.25) is 0 Å². The summed E-state index contributed by atoms with van der Waals surface area (Å²) in [5, 5.41) is 8.81. The minimum absolute atomic E-state index is 0.0222. The quantitative estimate of drug-likeness (QED) is 0.860. The lowest BCUT2D eigenvalue weighted by atomic mass is 10.2. The SMILES string of the molecule is COc1ccc(N2CC(CCO)OC2=O)cc1. The summed E-state index contributed by atoms with van der Waals surface area (Å²) in [6, 6.07) is 7.20. The van der Waals surface area contributed by atoms with Crippen LogP contribution in [0.5, 0.6) is 5.75 Å². The number of rotatable bonds is 4. The molecular weight excluding hydrogens is 222 g/mol. The van der Waals surface area contributed by atoms with Gasteiger partial charge >= 0.3 is 6.09 Å². The number of aliphatic hydroxyl groups is 1. The van der Waals surface area contributed by atoms with Crippen LogP contribution in [0, 0.1) is 0 Å². The molecule has 17 heavy (non-hydrogen) atoms. The van der Waals surface area contributed by atoms with Gasteiger partial charge in [0.05, 0.1) is 13.7 Å². The fourth-order valence-corrected chi connectivity index (χ4v) is 1.79. The summed E-state index contributed by atoms with van der Waals surface area (Å²) in [7, 11) is 1.59. The monoisotopic (exact) mass is 237 g/mol. The minimum Gasteiger partial charge on any atom is -0.497 e. The summed E-state index contributed by atoms with van der Waals surface area (Å²) in [5.74, 6) is 0.744. The molecule has 0 aromatic heterocycles. The number of hydrogen-bond acceptors (Lipinski definition) is 4. The predicted molar refractivity (Wildman–Crippen MR) is 62.3 cm³/mol. The molecule has 1 unspecified atom stereocenters. The highest BCUT2D eigenvalue weighted by Crippen LogP contribution is 2.24. The second kappa shape index (κ2) is 5.05. The first-order valence-electron chi connectivity index (χ1n) is 5.47. The first-order chi connectivity index (χ1) is 8.24. The average molecular weight is 237 g/mol. The van der Waals surface area contributed by atoms with E-state index < -0.39 is 0 Å². The summed E-state index contributed by atoms with van der Waals surface area (Å²) >= 11 is 0. The van der Waals surface area contributed by atoms with Crippen LogP contribution in [-0.4, -0.2) is 37.6 Å². The van der Waals surface area contributed by atoms with E-state index in [2.05, 4.69) is 0 Å². The summed E-state index contributed by atoms with van der Waals surface area (Å²) in [4.78, 5) is 13.2. The fourth-order valence-electron chi connectivity index (χ4n) is 1.79. The maximum Gasteiger partial charge on any atom is 0.414 e. The first kappa shape index (κ1) is 11.7. The molecule has 1 fully saturated rings. The van der Waals surface area contributed by atoms with Gasteiger partial charge in [0.25, 0.3) is 0 Å². The van der Waals surface area contributed by atoms with Gasteiger partial charge < -0.3 is 14.6 Å². The molecule has 1 aliphatic heterocycles. The Hall–Kier alpha value is -1.75. The zero-order valence-corrected chi connectivity index (χ0v) is 9.63. The van der Waals surface area contributed by atoms with Crippen LogP contribution < -0.4 is 9.64 Å². The minimum atomic E-state index is -0.367. The zero-order chi connectivity index (χ0) is 12.3. The van der Waals surface area contributed by atoms with Gasteiger partial charge in [-0.15, -0.1) is 0 Å². The van der Waals surface area contributed by atoms with E-state index in [0.29, 0.717) is 13.0 Å². The molecule has 1 atom stereocenters. The number of aliphatic hydroxyl groups excluding tert-OH is 1. The third kappa shape index (κ3) is 2.50. The molecule has 0 spiro atoms. The Kier molecular flexibility index (Phi) is 3.49. The molecule has 2 rings (SSSR count). The molecule has 92 valence electrons. The third-order valence-corrected chi connectivity index (χ3v) is 2.71. The van der Waals surface area contributed by atoms with E-state index in [9.17, 15) is 4.79 Å². The smallest absolute Gasteiger partial charge is 0.414 e. The Morgan fingerprint density at radius 2 is 2.18 bits per heavy atom. The zero-order valence-electron chi connectivity index (χ0n) is 9.63. The maximum atomic E-state index is 11.6. The second-order valence-electron chi connectivity index (χ2n) is 3.83. The van der Waals surface area contributed by atoms with Crippen LogP contribution in [0.4, 0.5) is 10.5 Å². The van der Waals surface area contributed by atoms with Crippen molar-refractivity contribution < 1.29 is 19.4 Å². The van der Waals surface area contributed by atoms with Crippen molar-refractivity contribution in [3.63, 3.8) is 0 Å². The molecule has 1 amide bonds. The number of anilines is 1. The first-order valence-corrected chi connectivity index (χ1v) is 5.47. The van der Waals surface area contributed by atoms with Crippen molar-refractivity contribution in [2.75, 3.05) is 25.2 Å². The second-order valence-corrected chi connectivity index (χ2v) is 3.83. The normalized spacial score (nSPS) is 19.3. The molecule has 0 saturated carbocycles. The largest absolute Gasteiger partial charge is 0.497 e. The highest BCUT2D eigenvalue weighted by Gasteiger charge is 2.31. The number of carbonyl (C=O) groups is 1. The van der Waals surface area contributed by atoms with Gasteiger partial charge in [0, 0.05) is 18.7 Å². The highest BCUT2D eigenvalue weighted by molar-refractivity contribution is 5.89. The lowest BCUT2D eigenvalue weighted by molar-refractivity contribution is 0.122. The number of nitrogens with zero attached hydrogens (tertiary/aromatic N) is 1. The Morgan fingerprint density at radius 3 is 2.76 bits per heavy atom. The van der Waals surface area contributed by atoms with Gasteiger partial charge in [-0.2, -0.15) is 0 Å². The highest BCUT2D eigenvalue weighted by atomic mass is 16.6. The molecule has 5 nitrogen and oxygen atoms in total. The lowest BCUT2D eigenvalue weighted by Gasteiger charge is -2.13. The van der Waals surface area contributed by atoms with E-state index >= 15 is 0 Å². The Morgan fingerprint density at radius 1 is 1.47 bits per heavy atom. The number of benzene rings is 1. The molecule has 1 aromatic rings. The standard InChI is InChI=1S/C12H15NO4/c1-16-10-4-2-9(3-5-10)13-8-11(6-7-14)17-12(13)15/h2-5,11,14H,6-8H2,1H3. The van der Waals surface area contributed by atoms with Crippen LogP contribution in [0.3, 0.4) is 0 Å².